The first-order chi connectivity index (χ1) is 10.9. The lowest BCUT2D eigenvalue weighted by Crippen LogP contribution is -2.40. The fourth-order valence-electron chi connectivity index (χ4n) is 3.06. The predicted octanol–water partition coefficient (Wildman–Crippen LogP) is 4.29. The minimum absolute atomic E-state index is 0.00365. The van der Waals surface area contributed by atoms with E-state index in [0.717, 1.165) is 0 Å². The van der Waals surface area contributed by atoms with Gasteiger partial charge in [-0.1, -0.05) is 20.4 Å². The summed E-state index contributed by atoms with van der Waals surface area (Å²) in [6.07, 6.45) is -0.649. The fourth-order valence-corrected chi connectivity index (χ4v) is 3.06. The number of rotatable bonds is 7. The van der Waals surface area contributed by atoms with E-state index in [-0.39, 0.29) is 24.8 Å². The summed E-state index contributed by atoms with van der Waals surface area (Å²) in [4.78, 5) is 4.37. The molecule has 0 aromatic carbocycles. The van der Waals surface area contributed by atoms with Crippen LogP contribution in [0.4, 0.5) is 13.2 Å². The van der Waals surface area contributed by atoms with Gasteiger partial charge in [-0.05, 0) is 57.9 Å². The number of aliphatic imine (C=N–C) groups is 1. The molecule has 1 aliphatic carbocycles. The molecule has 0 aromatic heterocycles. The Hall–Kier alpha value is -0.880. The molecule has 0 aliphatic heterocycles. The standard InChI is InChI=1S/C18H32F3N3/c1-12(2)16(13(3)24-11-17(4,5)22)23-10-14-6-8-15(9-7-14)18(19,20)21/h11-12,14-16,23H,3,6-10,22H2,1-2,4-5H3/b24-11-/t14-,15-,16-/m0/s1. The lowest BCUT2D eigenvalue weighted by molar-refractivity contribution is -0.183. The van der Waals surface area contributed by atoms with E-state index < -0.39 is 17.6 Å². The summed E-state index contributed by atoms with van der Waals surface area (Å²) in [5.41, 5.74) is 6.11. The van der Waals surface area contributed by atoms with Gasteiger partial charge in [-0.15, -0.1) is 0 Å². The van der Waals surface area contributed by atoms with Crippen LogP contribution in [0.1, 0.15) is 53.4 Å². The van der Waals surface area contributed by atoms with Crippen LogP contribution in [-0.4, -0.2) is 30.5 Å². The van der Waals surface area contributed by atoms with Crippen molar-refractivity contribution >= 4 is 6.21 Å². The van der Waals surface area contributed by atoms with Gasteiger partial charge in [0.05, 0.1) is 17.7 Å². The molecule has 3 N–H and O–H groups in total. The molecule has 0 aromatic rings. The van der Waals surface area contributed by atoms with Crippen molar-refractivity contribution < 1.29 is 13.2 Å². The molecular weight excluding hydrogens is 315 g/mol. The van der Waals surface area contributed by atoms with E-state index in [1.165, 1.54) is 0 Å². The number of alkyl halides is 3. The lowest BCUT2D eigenvalue weighted by Gasteiger charge is -2.32. The smallest absolute Gasteiger partial charge is 0.321 e. The summed E-state index contributed by atoms with van der Waals surface area (Å²) in [6, 6.07) is 0.00365. The summed E-state index contributed by atoms with van der Waals surface area (Å²) < 4.78 is 38.2. The molecule has 0 unspecified atom stereocenters. The van der Waals surface area contributed by atoms with Gasteiger partial charge in [0, 0.05) is 11.8 Å². The van der Waals surface area contributed by atoms with Gasteiger partial charge >= 0.3 is 6.18 Å². The molecule has 6 heteroatoms. The van der Waals surface area contributed by atoms with Gasteiger partial charge in [-0.3, -0.25) is 4.99 Å². The van der Waals surface area contributed by atoms with Crippen LogP contribution >= 0.6 is 0 Å². The first kappa shape index (κ1) is 21.2. The van der Waals surface area contributed by atoms with Gasteiger partial charge in [0.1, 0.15) is 0 Å². The maximum absolute atomic E-state index is 12.7. The molecule has 3 nitrogen and oxygen atoms in total. The van der Waals surface area contributed by atoms with Gasteiger partial charge in [-0.25, -0.2) is 0 Å². The predicted molar refractivity (Wildman–Crippen MR) is 94.0 cm³/mol. The van der Waals surface area contributed by atoms with Crippen LogP contribution in [0.25, 0.3) is 0 Å². The number of hydrogen-bond acceptors (Lipinski definition) is 3. The second kappa shape index (κ2) is 8.48. The molecule has 140 valence electrons. The normalized spacial score (nSPS) is 24.5. The SMILES string of the molecule is C=C(/N=C\C(C)(C)N)[C@@H](NC[C@H]1CC[C@H](C(F)(F)F)CC1)C(C)C. The molecule has 0 bridgehead atoms. The largest absolute Gasteiger partial charge is 0.391 e. The van der Waals surface area contributed by atoms with E-state index >= 15 is 0 Å². The summed E-state index contributed by atoms with van der Waals surface area (Å²) in [5.74, 6) is -0.546. The highest BCUT2D eigenvalue weighted by Crippen LogP contribution is 2.39. The Balaban J connectivity index is 2.51. The zero-order valence-electron chi connectivity index (χ0n) is 15.3. The second-order valence-electron chi connectivity index (χ2n) is 7.96. The fraction of sp³-hybridized carbons (Fsp3) is 0.833. The first-order valence-corrected chi connectivity index (χ1v) is 8.73. The van der Waals surface area contributed by atoms with Crippen LogP contribution in [0.2, 0.25) is 0 Å². The topological polar surface area (TPSA) is 50.4 Å². The van der Waals surface area contributed by atoms with Crippen molar-refractivity contribution in [2.45, 2.75) is 71.1 Å². The Morgan fingerprint density at radius 3 is 2.21 bits per heavy atom. The molecule has 0 spiro atoms. The first-order valence-electron chi connectivity index (χ1n) is 8.73. The molecule has 0 amide bonds. The Morgan fingerprint density at radius 1 is 1.25 bits per heavy atom. The second-order valence-corrected chi connectivity index (χ2v) is 7.96. The zero-order chi connectivity index (χ0) is 18.5. The Bertz CT molecular complexity index is 428. The third kappa shape index (κ3) is 7.34. The number of nitrogens with two attached hydrogens (primary N) is 1. The number of nitrogens with one attached hydrogen (secondary N) is 1. The van der Waals surface area contributed by atoms with Crippen molar-refractivity contribution in [1.29, 1.82) is 0 Å². The highest BCUT2D eigenvalue weighted by atomic mass is 19.4. The number of hydrogen-bond donors (Lipinski definition) is 2. The van der Waals surface area contributed by atoms with E-state index in [1.54, 1.807) is 6.21 Å². The maximum Gasteiger partial charge on any atom is 0.391 e. The van der Waals surface area contributed by atoms with Crippen molar-refractivity contribution in [1.82, 2.24) is 5.32 Å². The number of nitrogens with zero attached hydrogens (tertiary/aromatic N) is 1. The van der Waals surface area contributed by atoms with E-state index in [0.29, 0.717) is 31.0 Å². The molecule has 24 heavy (non-hydrogen) atoms. The Morgan fingerprint density at radius 2 is 1.79 bits per heavy atom. The number of halogens is 3. The van der Waals surface area contributed by atoms with Crippen molar-refractivity contribution in [3.05, 3.63) is 12.3 Å². The maximum atomic E-state index is 12.7. The molecule has 1 rings (SSSR count). The third-order valence-corrected chi connectivity index (χ3v) is 4.52. The van der Waals surface area contributed by atoms with Crippen molar-refractivity contribution in [2.24, 2.45) is 28.5 Å². The third-order valence-electron chi connectivity index (χ3n) is 4.52. The monoisotopic (exact) mass is 347 g/mol. The van der Waals surface area contributed by atoms with Crippen LogP contribution < -0.4 is 11.1 Å². The van der Waals surface area contributed by atoms with Crippen LogP contribution in [0.15, 0.2) is 17.3 Å². The highest BCUT2D eigenvalue weighted by Gasteiger charge is 2.41. The van der Waals surface area contributed by atoms with Crippen molar-refractivity contribution in [2.75, 3.05) is 6.54 Å². The summed E-state index contributed by atoms with van der Waals surface area (Å²) >= 11 is 0. The Kier molecular flexibility index (Phi) is 7.47. The Labute approximate surface area is 144 Å². The van der Waals surface area contributed by atoms with Crippen LogP contribution in [0.5, 0.6) is 0 Å². The minimum atomic E-state index is -4.04. The van der Waals surface area contributed by atoms with Crippen molar-refractivity contribution in [3.63, 3.8) is 0 Å². The summed E-state index contributed by atoms with van der Waals surface area (Å²) in [5, 5.41) is 3.44. The van der Waals surface area contributed by atoms with Crippen LogP contribution in [0.3, 0.4) is 0 Å². The molecule has 1 fully saturated rings. The van der Waals surface area contributed by atoms with Gasteiger partial charge in [-0.2, -0.15) is 13.2 Å². The van der Waals surface area contributed by atoms with Crippen LogP contribution in [0, 0.1) is 17.8 Å². The minimum Gasteiger partial charge on any atom is -0.321 e. The molecule has 0 saturated heterocycles. The molecule has 1 atom stereocenters. The molecule has 0 heterocycles. The highest BCUT2D eigenvalue weighted by molar-refractivity contribution is 5.69. The van der Waals surface area contributed by atoms with Gasteiger partial charge < -0.3 is 11.1 Å². The quantitative estimate of drug-likeness (QED) is 0.675. The van der Waals surface area contributed by atoms with Gasteiger partial charge in [0.2, 0.25) is 0 Å². The van der Waals surface area contributed by atoms with Gasteiger partial charge in [0.15, 0.2) is 0 Å². The van der Waals surface area contributed by atoms with E-state index in [9.17, 15) is 13.2 Å². The molecule has 1 aliphatic rings. The molecular formula is C18H32F3N3. The van der Waals surface area contributed by atoms with E-state index in [4.69, 9.17) is 5.73 Å². The van der Waals surface area contributed by atoms with Crippen molar-refractivity contribution in [3.8, 4) is 0 Å². The summed E-state index contributed by atoms with van der Waals surface area (Å²) in [6.45, 7) is 12.6. The van der Waals surface area contributed by atoms with Gasteiger partial charge in [0.25, 0.3) is 0 Å². The van der Waals surface area contributed by atoms with E-state index in [1.807, 2.05) is 13.8 Å². The van der Waals surface area contributed by atoms with Crippen LogP contribution in [-0.2, 0) is 0 Å². The zero-order valence-corrected chi connectivity index (χ0v) is 15.3. The average molecular weight is 347 g/mol. The molecule has 0 radical (unpaired) electrons. The lowest BCUT2D eigenvalue weighted by atomic mass is 9.81. The summed E-state index contributed by atoms with van der Waals surface area (Å²) in [7, 11) is 0. The molecule has 1 saturated carbocycles. The average Bonchev–Trinajstić information content (AvgIpc) is 2.43. The van der Waals surface area contributed by atoms with E-state index in [2.05, 4.69) is 30.7 Å².